The van der Waals surface area contributed by atoms with Crippen molar-refractivity contribution in [2.24, 2.45) is 0 Å². The number of carbonyl (C=O) groups excluding carboxylic acids is 2. The van der Waals surface area contributed by atoms with Crippen molar-refractivity contribution in [1.29, 1.82) is 0 Å². The third-order valence-electron chi connectivity index (χ3n) is 4.12. The lowest BCUT2D eigenvalue weighted by Gasteiger charge is -2.13. The van der Waals surface area contributed by atoms with Gasteiger partial charge in [0, 0.05) is 20.8 Å². The van der Waals surface area contributed by atoms with Crippen molar-refractivity contribution in [2.75, 3.05) is 5.32 Å². The molecule has 3 rings (SSSR count). The Morgan fingerprint density at radius 2 is 1.82 bits per heavy atom. The van der Waals surface area contributed by atoms with Gasteiger partial charge < -0.3 is 10.1 Å². The number of amides is 1. The summed E-state index contributed by atoms with van der Waals surface area (Å²) in [6.07, 6.45) is -0.0911. The van der Waals surface area contributed by atoms with E-state index < -0.39 is 18.0 Å². The first kappa shape index (κ1) is 20.9. The van der Waals surface area contributed by atoms with Crippen LogP contribution in [0.25, 0.3) is 10.1 Å². The minimum Gasteiger partial charge on any atom is -0.448 e. The largest absolute Gasteiger partial charge is 0.448 e. The molecule has 1 atom stereocenters. The Morgan fingerprint density at radius 3 is 2.46 bits per heavy atom. The number of benzene rings is 2. The smallest absolute Gasteiger partial charge is 0.350 e. The highest BCUT2D eigenvalue weighted by Crippen LogP contribution is 2.41. The van der Waals surface area contributed by atoms with Crippen molar-refractivity contribution < 1.29 is 14.3 Å². The van der Waals surface area contributed by atoms with Gasteiger partial charge in [-0.05, 0) is 43.2 Å². The molecule has 0 saturated carbocycles. The van der Waals surface area contributed by atoms with Gasteiger partial charge in [-0.2, -0.15) is 0 Å². The molecule has 28 heavy (non-hydrogen) atoms. The molecule has 1 unspecified atom stereocenters. The molecule has 1 aromatic heterocycles. The number of esters is 1. The maximum Gasteiger partial charge on any atom is 0.350 e. The Morgan fingerprint density at radius 1 is 1.14 bits per heavy atom. The number of fused-ring (bicyclic) bond motifs is 1. The molecular weight excluding hydrogens is 441 g/mol. The number of ether oxygens (including phenoxy) is 1. The predicted molar refractivity (Wildman–Crippen MR) is 116 cm³/mol. The molecule has 0 saturated heterocycles. The minimum absolute atomic E-state index is 0.174. The van der Waals surface area contributed by atoms with E-state index in [4.69, 9.17) is 39.5 Å². The van der Waals surface area contributed by atoms with Crippen LogP contribution in [0.5, 0.6) is 0 Å². The quantitative estimate of drug-likeness (QED) is 0.440. The number of hydrogen-bond donors (Lipinski definition) is 1. The summed E-state index contributed by atoms with van der Waals surface area (Å²) in [6.45, 7) is 3.55. The van der Waals surface area contributed by atoms with Gasteiger partial charge in [0.2, 0.25) is 0 Å². The first-order valence-corrected chi connectivity index (χ1v) is 10.4. The van der Waals surface area contributed by atoms with E-state index in [1.165, 1.54) is 6.92 Å². The molecule has 1 N–H and O–H groups in total. The number of carbonyl (C=O) groups is 2. The lowest BCUT2D eigenvalue weighted by Crippen LogP contribution is -2.29. The van der Waals surface area contributed by atoms with Gasteiger partial charge in [-0.1, -0.05) is 53.9 Å². The van der Waals surface area contributed by atoms with Crippen LogP contribution in [0.4, 0.5) is 5.69 Å². The standard InChI is InChI=1S/C20H16Cl3NO3S/c1-3-11-4-6-13(7-5-11)24-19(25)10(2)27-20(26)18-17(23)16-14(22)8-12(21)9-15(16)28-18/h4-10H,3H2,1-2H3,(H,24,25). The van der Waals surface area contributed by atoms with Crippen molar-refractivity contribution in [3.63, 3.8) is 0 Å². The van der Waals surface area contributed by atoms with Crippen LogP contribution in [0.2, 0.25) is 15.1 Å². The topological polar surface area (TPSA) is 55.4 Å². The van der Waals surface area contributed by atoms with Gasteiger partial charge in [-0.15, -0.1) is 11.3 Å². The first-order valence-electron chi connectivity index (χ1n) is 8.48. The fourth-order valence-electron chi connectivity index (χ4n) is 2.58. The molecule has 0 radical (unpaired) electrons. The number of rotatable bonds is 5. The van der Waals surface area contributed by atoms with Gasteiger partial charge in [0.1, 0.15) is 4.88 Å². The van der Waals surface area contributed by atoms with E-state index in [1.54, 1.807) is 24.3 Å². The Balaban J connectivity index is 1.73. The van der Waals surface area contributed by atoms with E-state index in [0.717, 1.165) is 23.3 Å². The Hall–Kier alpha value is -1.79. The molecule has 0 bridgehead atoms. The molecule has 2 aromatic carbocycles. The third kappa shape index (κ3) is 4.44. The molecule has 1 heterocycles. The predicted octanol–water partition coefficient (Wildman–Crippen LogP) is 6.61. The molecule has 3 aromatic rings. The number of thiophene rings is 1. The fraction of sp³-hybridized carbons (Fsp3) is 0.200. The number of anilines is 1. The lowest BCUT2D eigenvalue weighted by molar-refractivity contribution is -0.123. The molecule has 0 aliphatic heterocycles. The third-order valence-corrected chi connectivity index (χ3v) is 6.24. The molecule has 4 nitrogen and oxygen atoms in total. The normalized spacial score (nSPS) is 12.0. The Bertz CT molecular complexity index is 1050. The van der Waals surface area contributed by atoms with Crippen LogP contribution in [0.1, 0.15) is 29.1 Å². The van der Waals surface area contributed by atoms with Gasteiger partial charge in [0.25, 0.3) is 5.91 Å². The molecule has 1 amide bonds. The molecule has 0 aliphatic rings. The van der Waals surface area contributed by atoms with Crippen molar-refractivity contribution >= 4 is 73.8 Å². The van der Waals surface area contributed by atoms with E-state index in [1.807, 2.05) is 12.1 Å². The summed E-state index contributed by atoms with van der Waals surface area (Å²) < 4.78 is 5.96. The second kappa shape index (κ2) is 8.70. The van der Waals surface area contributed by atoms with Gasteiger partial charge in [0.05, 0.1) is 10.0 Å². The van der Waals surface area contributed by atoms with Crippen molar-refractivity contribution in [3.8, 4) is 0 Å². The molecular formula is C20H16Cl3NO3S. The van der Waals surface area contributed by atoms with Crippen LogP contribution in [-0.4, -0.2) is 18.0 Å². The molecule has 0 aliphatic carbocycles. The maximum absolute atomic E-state index is 12.5. The van der Waals surface area contributed by atoms with E-state index in [0.29, 0.717) is 25.8 Å². The van der Waals surface area contributed by atoms with Crippen molar-refractivity contribution in [1.82, 2.24) is 0 Å². The maximum atomic E-state index is 12.5. The second-order valence-corrected chi connectivity index (χ2v) is 8.37. The van der Waals surface area contributed by atoms with Gasteiger partial charge in [-0.3, -0.25) is 4.79 Å². The van der Waals surface area contributed by atoms with Crippen molar-refractivity contribution in [3.05, 3.63) is 61.9 Å². The zero-order valence-corrected chi connectivity index (χ0v) is 18.1. The lowest BCUT2D eigenvalue weighted by atomic mass is 10.1. The summed E-state index contributed by atoms with van der Waals surface area (Å²) in [5.74, 6) is -1.13. The minimum atomic E-state index is -1.00. The molecule has 0 fully saturated rings. The molecule has 146 valence electrons. The molecule has 8 heteroatoms. The fourth-order valence-corrected chi connectivity index (χ4v) is 4.83. The number of aryl methyl sites for hydroxylation is 1. The zero-order chi connectivity index (χ0) is 20.4. The number of hydrogen-bond acceptors (Lipinski definition) is 4. The van der Waals surface area contributed by atoms with Gasteiger partial charge in [-0.25, -0.2) is 4.79 Å². The molecule has 0 spiro atoms. The summed E-state index contributed by atoms with van der Waals surface area (Å²) >= 11 is 19.6. The van der Waals surface area contributed by atoms with Crippen LogP contribution in [0.15, 0.2) is 36.4 Å². The van der Waals surface area contributed by atoms with Gasteiger partial charge >= 0.3 is 5.97 Å². The monoisotopic (exact) mass is 455 g/mol. The van der Waals surface area contributed by atoms with Crippen LogP contribution >= 0.6 is 46.1 Å². The second-order valence-electron chi connectivity index (χ2n) is 6.09. The van der Waals surface area contributed by atoms with Crippen LogP contribution in [0, 0.1) is 0 Å². The number of halogens is 3. The average molecular weight is 457 g/mol. The van der Waals surface area contributed by atoms with E-state index in [-0.39, 0.29) is 9.90 Å². The summed E-state index contributed by atoms with van der Waals surface area (Å²) in [4.78, 5) is 25.0. The van der Waals surface area contributed by atoms with Crippen LogP contribution < -0.4 is 5.32 Å². The van der Waals surface area contributed by atoms with Gasteiger partial charge in [0.15, 0.2) is 6.10 Å². The van der Waals surface area contributed by atoms with E-state index in [9.17, 15) is 9.59 Å². The zero-order valence-electron chi connectivity index (χ0n) is 15.0. The number of nitrogens with one attached hydrogen (secondary N) is 1. The highest BCUT2D eigenvalue weighted by Gasteiger charge is 2.25. The average Bonchev–Trinajstić information content (AvgIpc) is 2.98. The first-order chi connectivity index (χ1) is 13.3. The summed E-state index contributed by atoms with van der Waals surface area (Å²) in [5.41, 5.74) is 1.79. The highest BCUT2D eigenvalue weighted by molar-refractivity contribution is 7.21. The van der Waals surface area contributed by atoms with Crippen molar-refractivity contribution in [2.45, 2.75) is 26.4 Å². The van der Waals surface area contributed by atoms with E-state index in [2.05, 4.69) is 12.2 Å². The van der Waals surface area contributed by atoms with E-state index >= 15 is 0 Å². The summed E-state index contributed by atoms with van der Waals surface area (Å²) in [7, 11) is 0. The summed E-state index contributed by atoms with van der Waals surface area (Å²) in [5, 5.41) is 4.25. The van der Waals surface area contributed by atoms with Crippen LogP contribution in [0.3, 0.4) is 0 Å². The van der Waals surface area contributed by atoms with Crippen LogP contribution in [-0.2, 0) is 16.0 Å². The Kier molecular flexibility index (Phi) is 6.50. The summed E-state index contributed by atoms with van der Waals surface area (Å²) in [6, 6.07) is 10.7. The SMILES string of the molecule is CCc1ccc(NC(=O)C(C)OC(=O)c2sc3cc(Cl)cc(Cl)c3c2Cl)cc1. The Labute approximate surface area is 181 Å². The highest BCUT2D eigenvalue weighted by atomic mass is 35.5.